The molecule has 1 atom stereocenters. The molecule has 0 aromatic heterocycles. The Kier molecular flexibility index (Phi) is 8.39. The van der Waals surface area contributed by atoms with Gasteiger partial charge in [-0.1, -0.05) is 30.3 Å². The van der Waals surface area contributed by atoms with E-state index in [1.165, 1.54) is 5.56 Å². The summed E-state index contributed by atoms with van der Waals surface area (Å²) < 4.78 is 0. The molecule has 0 aliphatic carbocycles. The molecule has 0 fully saturated rings. The highest BCUT2D eigenvalue weighted by Crippen LogP contribution is 2.02. The van der Waals surface area contributed by atoms with Gasteiger partial charge in [0.25, 0.3) is 0 Å². The van der Waals surface area contributed by atoms with Gasteiger partial charge in [-0.3, -0.25) is 4.79 Å². The molecule has 1 rings (SSSR count). The topological polar surface area (TPSA) is 55.1 Å². The van der Waals surface area contributed by atoms with E-state index in [0.29, 0.717) is 12.5 Å². The van der Waals surface area contributed by atoms with Gasteiger partial charge in [-0.25, -0.2) is 0 Å². The molecule has 0 aliphatic rings. The Morgan fingerprint density at radius 3 is 2.33 bits per heavy atom. The number of amides is 1. The van der Waals surface area contributed by atoms with Gasteiger partial charge in [0, 0.05) is 13.1 Å². The highest BCUT2D eigenvalue weighted by Gasteiger charge is 1.94. The fraction of sp³-hybridized carbons (Fsp3) is 0.417. The lowest BCUT2D eigenvalue weighted by molar-refractivity contribution is -0.109. The molecule has 3 N–H and O–H groups in total. The van der Waals surface area contributed by atoms with Crippen molar-refractivity contribution < 1.29 is 4.79 Å². The maximum Gasteiger partial charge on any atom is 0.206 e. The molecule has 1 amide bonds. The fourth-order valence-electron chi connectivity index (χ4n) is 1.04. The standard InChI is InChI=1S/C10H15N.C2H5NO/c1-9(11)7-8-10-5-3-2-4-6-10;1-3-2-4/h2-6,9H,7-8,11H2,1H3;2H,1H3,(H,3,4). The molecular formula is C12H20N2O. The van der Waals surface area contributed by atoms with Gasteiger partial charge >= 0.3 is 0 Å². The number of nitrogens with one attached hydrogen (secondary N) is 1. The van der Waals surface area contributed by atoms with E-state index in [-0.39, 0.29) is 0 Å². The van der Waals surface area contributed by atoms with Crippen molar-refractivity contribution in [3.05, 3.63) is 35.9 Å². The van der Waals surface area contributed by atoms with Crippen LogP contribution in [-0.4, -0.2) is 19.5 Å². The first-order chi connectivity index (χ1) is 7.20. The minimum absolute atomic E-state index is 0.315. The average molecular weight is 208 g/mol. The second-order valence-electron chi connectivity index (χ2n) is 3.41. The van der Waals surface area contributed by atoms with Crippen molar-refractivity contribution in [2.75, 3.05) is 7.05 Å². The van der Waals surface area contributed by atoms with Gasteiger partial charge in [0.15, 0.2) is 0 Å². The molecule has 15 heavy (non-hydrogen) atoms. The zero-order valence-corrected chi connectivity index (χ0v) is 9.44. The number of hydrogen-bond acceptors (Lipinski definition) is 2. The monoisotopic (exact) mass is 208 g/mol. The van der Waals surface area contributed by atoms with Crippen molar-refractivity contribution in [2.45, 2.75) is 25.8 Å². The van der Waals surface area contributed by atoms with Crippen LogP contribution < -0.4 is 11.1 Å². The lowest BCUT2D eigenvalue weighted by atomic mass is 10.1. The van der Waals surface area contributed by atoms with E-state index in [4.69, 9.17) is 10.5 Å². The van der Waals surface area contributed by atoms with Gasteiger partial charge in [0.05, 0.1) is 0 Å². The summed E-state index contributed by atoms with van der Waals surface area (Å²) in [4.78, 5) is 9.06. The second kappa shape index (κ2) is 9.21. The Hall–Kier alpha value is -1.35. The maximum atomic E-state index is 9.06. The van der Waals surface area contributed by atoms with Crippen LogP contribution in [0, 0.1) is 0 Å². The van der Waals surface area contributed by atoms with E-state index in [1.807, 2.05) is 13.0 Å². The summed E-state index contributed by atoms with van der Waals surface area (Å²) in [6, 6.07) is 10.8. The number of benzene rings is 1. The fourth-order valence-corrected chi connectivity index (χ4v) is 1.04. The number of rotatable bonds is 4. The van der Waals surface area contributed by atoms with E-state index in [0.717, 1.165) is 12.8 Å². The largest absolute Gasteiger partial charge is 0.362 e. The molecule has 0 bridgehead atoms. The van der Waals surface area contributed by atoms with E-state index in [1.54, 1.807) is 7.05 Å². The first-order valence-electron chi connectivity index (χ1n) is 5.11. The van der Waals surface area contributed by atoms with Crippen molar-refractivity contribution in [1.29, 1.82) is 0 Å². The highest BCUT2D eigenvalue weighted by molar-refractivity contribution is 5.44. The van der Waals surface area contributed by atoms with Gasteiger partial charge in [-0.2, -0.15) is 0 Å². The first-order valence-corrected chi connectivity index (χ1v) is 5.11. The summed E-state index contributed by atoms with van der Waals surface area (Å²) >= 11 is 0. The van der Waals surface area contributed by atoms with Crippen LogP contribution in [0.2, 0.25) is 0 Å². The van der Waals surface area contributed by atoms with Crippen LogP contribution in [0.5, 0.6) is 0 Å². The van der Waals surface area contributed by atoms with E-state index < -0.39 is 0 Å². The molecule has 3 nitrogen and oxygen atoms in total. The van der Waals surface area contributed by atoms with Crippen LogP contribution in [-0.2, 0) is 11.2 Å². The van der Waals surface area contributed by atoms with E-state index in [2.05, 4.69) is 29.6 Å². The molecule has 0 saturated heterocycles. The Morgan fingerprint density at radius 2 is 1.93 bits per heavy atom. The highest BCUT2D eigenvalue weighted by atomic mass is 16.1. The minimum atomic E-state index is 0.315. The minimum Gasteiger partial charge on any atom is -0.362 e. The molecule has 1 aromatic rings. The summed E-state index contributed by atoms with van der Waals surface area (Å²) in [5.41, 5.74) is 7.02. The predicted molar refractivity (Wildman–Crippen MR) is 63.5 cm³/mol. The van der Waals surface area contributed by atoms with Gasteiger partial charge in [-0.15, -0.1) is 0 Å². The molecule has 3 heteroatoms. The lowest BCUT2D eigenvalue weighted by Crippen LogP contribution is -2.15. The van der Waals surface area contributed by atoms with E-state index in [9.17, 15) is 0 Å². The van der Waals surface area contributed by atoms with Crippen molar-refractivity contribution in [2.24, 2.45) is 5.73 Å². The molecule has 0 aliphatic heterocycles. The summed E-state index contributed by atoms with van der Waals surface area (Å²) in [6.45, 7) is 2.04. The average Bonchev–Trinajstić information content (AvgIpc) is 2.28. The Morgan fingerprint density at radius 1 is 1.40 bits per heavy atom. The van der Waals surface area contributed by atoms with E-state index >= 15 is 0 Å². The molecule has 0 radical (unpaired) electrons. The number of aryl methyl sites for hydroxylation is 1. The molecule has 0 saturated carbocycles. The first kappa shape index (κ1) is 13.7. The van der Waals surface area contributed by atoms with Crippen LogP contribution in [0.4, 0.5) is 0 Å². The SMILES string of the molecule is CC(N)CCc1ccccc1.CNC=O. The zero-order chi connectivity index (χ0) is 11.5. The third-order valence-electron chi connectivity index (χ3n) is 1.85. The third-order valence-corrected chi connectivity index (χ3v) is 1.85. The number of carbonyl (C=O) groups excluding carboxylic acids is 1. The van der Waals surface area contributed by atoms with Crippen molar-refractivity contribution in [3.63, 3.8) is 0 Å². The number of hydrogen-bond donors (Lipinski definition) is 2. The molecule has 0 heterocycles. The summed E-state index contributed by atoms with van der Waals surface area (Å²) in [7, 11) is 1.56. The molecule has 1 unspecified atom stereocenters. The summed E-state index contributed by atoms with van der Waals surface area (Å²) in [6.07, 6.45) is 2.79. The Bertz CT molecular complexity index is 247. The van der Waals surface area contributed by atoms with Crippen LogP contribution >= 0.6 is 0 Å². The van der Waals surface area contributed by atoms with Crippen LogP contribution in [0.3, 0.4) is 0 Å². The zero-order valence-electron chi connectivity index (χ0n) is 9.44. The third kappa shape index (κ3) is 8.97. The lowest BCUT2D eigenvalue weighted by Gasteiger charge is -2.03. The number of nitrogens with two attached hydrogens (primary N) is 1. The maximum absolute atomic E-state index is 9.06. The van der Waals surface area contributed by atoms with Crippen LogP contribution in [0.25, 0.3) is 0 Å². The second-order valence-corrected chi connectivity index (χ2v) is 3.41. The predicted octanol–water partition coefficient (Wildman–Crippen LogP) is 1.33. The van der Waals surface area contributed by atoms with Gasteiger partial charge in [-0.05, 0) is 25.3 Å². The Labute approximate surface area is 91.7 Å². The van der Waals surface area contributed by atoms with Gasteiger partial charge in [0.1, 0.15) is 0 Å². The molecular weight excluding hydrogens is 188 g/mol. The summed E-state index contributed by atoms with van der Waals surface area (Å²) in [5.74, 6) is 0. The van der Waals surface area contributed by atoms with Crippen molar-refractivity contribution in [3.8, 4) is 0 Å². The smallest absolute Gasteiger partial charge is 0.206 e. The summed E-state index contributed by atoms with van der Waals surface area (Å²) in [5, 5.41) is 2.25. The molecule has 84 valence electrons. The van der Waals surface area contributed by atoms with Crippen molar-refractivity contribution in [1.82, 2.24) is 5.32 Å². The molecule has 1 aromatic carbocycles. The van der Waals surface area contributed by atoms with Crippen molar-refractivity contribution >= 4 is 6.41 Å². The normalized spacial score (nSPS) is 10.9. The van der Waals surface area contributed by atoms with Gasteiger partial charge < -0.3 is 11.1 Å². The van der Waals surface area contributed by atoms with Gasteiger partial charge in [0.2, 0.25) is 6.41 Å². The van der Waals surface area contributed by atoms with Crippen LogP contribution in [0.15, 0.2) is 30.3 Å². The van der Waals surface area contributed by atoms with Crippen LogP contribution in [0.1, 0.15) is 18.9 Å². The Balaban J connectivity index is 0.000000423. The molecule has 0 spiro atoms. The quantitative estimate of drug-likeness (QED) is 0.733. The number of carbonyl (C=O) groups is 1.